The lowest BCUT2D eigenvalue weighted by atomic mass is 10.1. The largest absolute Gasteiger partial charge is 0.465 e. The van der Waals surface area contributed by atoms with Gasteiger partial charge < -0.3 is 9.15 Å². The van der Waals surface area contributed by atoms with Crippen molar-refractivity contribution in [1.29, 1.82) is 0 Å². The molecule has 0 aromatic carbocycles. The van der Waals surface area contributed by atoms with Crippen molar-refractivity contribution in [3.05, 3.63) is 35.8 Å². The first-order chi connectivity index (χ1) is 8.31. The molecule has 92 valence electrons. The topological polar surface area (TPSA) is 39.4 Å². The van der Waals surface area contributed by atoms with Crippen molar-refractivity contribution >= 4 is 5.97 Å². The van der Waals surface area contributed by atoms with Gasteiger partial charge in [-0.3, -0.25) is 0 Å². The van der Waals surface area contributed by atoms with Crippen molar-refractivity contribution in [3.63, 3.8) is 0 Å². The van der Waals surface area contributed by atoms with E-state index >= 15 is 0 Å². The molecule has 0 aliphatic carbocycles. The number of carbonyl (C=O) groups is 1. The zero-order valence-corrected chi connectivity index (χ0v) is 10.1. The monoisotopic (exact) mass is 234 g/mol. The van der Waals surface area contributed by atoms with Crippen LogP contribution in [0.3, 0.4) is 0 Å². The van der Waals surface area contributed by atoms with Gasteiger partial charge in [-0.1, -0.05) is 25.8 Å². The Kier molecular flexibility index (Phi) is 4.02. The van der Waals surface area contributed by atoms with E-state index in [1.807, 2.05) is 18.2 Å². The Hall–Kier alpha value is -1.51. The first-order valence-electron chi connectivity index (χ1n) is 6.24. The number of unbranched alkanes of at least 4 members (excludes halogenated alkanes) is 3. The van der Waals surface area contributed by atoms with E-state index in [1.54, 1.807) is 6.26 Å². The highest BCUT2D eigenvalue weighted by molar-refractivity contribution is 5.90. The predicted octanol–water partition coefficient (Wildman–Crippen LogP) is 3.77. The molecular weight excluding hydrogens is 216 g/mol. The van der Waals surface area contributed by atoms with Crippen LogP contribution in [0.2, 0.25) is 0 Å². The maximum Gasteiger partial charge on any atom is 0.334 e. The maximum absolute atomic E-state index is 11.6. The number of ether oxygens (including phenoxy) is 1. The molecule has 0 spiro atoms. The number of carbonyl (C=O) groups excluding carboxylic acids is 1. The third-order valence-corrected chi connectivity index (χ3v) is 2.98. The second kappa shape index (κ2) is 5.71. The van der Waals surface area contributed by atoms with Crippen molar-refractivity contribution in [3.8, 4) is 0 Å². The summed E-state index contributed by atoms with van der Waals surface area (Å²) in [7, 11) is 0. The van der Waals surface area contributed by atoms with Crippen molar-refractivity contribution in [1.82, 2.24) is 0 Å². The smallest absolute Gasteiger partial charge is 0.334 e. The van der Waals surface area contributed by atoms with Crippen LogP contribution in [0.1, 0.15) is 50.9 Å². The molecule has 17 heavy (non-hydrogen) atoms. The third kappa shape index (κ3) is 2.99. The van der Waals surface area contributed by atoms with Gasteiger partial charge in [0.1, 0.15) is 5.76 Å². The SMILES string of the molecule is CCCCC/C=C1/CC(c2ccco2)OC1=O. The van der Waals surface area contributed by atoms with E-state index < -0.39 is 0 Å². The Balaban J connectivity index is 1.91. The van der Waals surface area contributed by atoms with Crippen molar-refractivity contribution in [2.75, 3.05) is 0 Å². The summed E-state index contributed by atoms with van der Waals surface area (Å²) in [6, 6.07) is 3.66. The van der Waals surface area contributed by atoms with E-state index in [4.69, 9.17) is 9.15 Å². The number of cyclic esters (lactones) is 1. The van der Waals surface area contributed by atoms with E-state index in [2.05, 4.69) is 6.92 Å². The molecule has 1 unspecified atom stereocenters. The highest BCUT2D eigenvalue weighted by Crippen LogP contribution is 2.33. The molecule has 3 nitrogen and oxygen atoms in total. The Bertz CT molecular complexity index is 390. The summed E-state index contributed by atoms with van der Waals surface area (Å²) in [5, 5.41) is 0. The predicted molar refractivity (Wildman–Crippen MR) is 64.4 cm³/mol. The van der Waals surface area contributed by atoms with Crippen LogP contribution in [-0.4, -0.2) is 5.97 Å². The van der Waals surface area contributed by atoms with Gasteiger partial charge in [0.2, 0.25) is 0 Å². The average molecular weight is 234 g/mol. The lowest BCUT2D eigenvalue weighted by molar-refractivity contribution is -0.139. The van der Waals surface area contributed by atoms with Gasteiger partial charge in [0.15, 0.2) is 6.10 Å². The van der Waals surface area contributed by atoms with E-state index in [0.717, 1.165) is 24.2 Å². The average Bonchev–Trinajstić information content (AvgIpc) is 2.94. The van der Waals surface area contributed by atoms with Crippen LogP contribution in [-0.2, 0) is 9.53 Å². The van der Waals surface area contributed by atoms with Gasteiger partial charge in [-0.05, 0) is 25.0 Å². The Morgan fingerprint density at radius 2 is 2.35 bits per heavy atom. The van der Waals surface area contributed by atoms with Crippen LogP contribution < -0.4 is 0 Å². The molecule has 0 saturated carbocycles. The van der Waals surface area contributed by atoms with Crippen LogP contribution in [0.4, 0.5) is 0 Å². The van der Waals surface area contributed by atoms with Gasteiger partial charge in [0, 0.05) is 12.0 Å². The number of furan rings is 1. The highest BCUT2D eigenvalue weighted by atomic mass is 16.6. The molecule has 0 radical (unpaired) electrons. The lowest BCUT2D eigenvalue weighted by Gasteiger charge is -2.02. The molecule has 1 atom stereocenters. The summed E-state index contributed by atoms with van der Waals surface area (Å²) in [6.07, 6.45) is 8.53. The molecule has 1 saturated heterocycles. The first-order valence-corrected chi connectivity index (χ1v) is 6.24. The zero-order valence-electron chi connectivity index (χ0n) is 10.1. The van der Waals surface area contributed by atoms with E-state index in [1.165, 1.54) is 12.8 Å². The molecule has 1 aliphatic heterocycles. The summed E-state index contributed by atoms with van der Waals surface area (Å²) in [5.41, 5.74) is 0.794. The van der Waals surface area contributed by atoms with Crippen LogP contribution >= 0.6 is 0 Å². The minimum Gasteiger partial charge on any atom is -0.465 e. The van der Waals surface area contributed by atoms with Crippen LogP contribution in [0.15, 0.2) is 34.5 Å². The molecule has 1 fully saturated rings. The fraction of sp³-hybridized carbons (Fsp3) is 0.500. The standard InChI is InChI=1S/C14H18O3/c1-2-3-4-5-7-11-10-13(17-14(11)15)12-8-6-9-16-12/h6-9,13H,2-5,10H2,1H3/b11-7-. The van der Waals surface area contributed by atoms with Crippen LogP contribution in [0.25, 0.3) is 0 Å². The molecule has 0 N–H and O–H groups in total. The fourth-order valence-corrected chi connectivity index (χ4v) is 2.00. The van der Waals surface area contributed by atoms with Gasteiger partial charge in [-0.2, -0.15) is 0 Å². The lowest BCUT2D eigenvalue weighted by Crippen LogP contribution is -1.97. The molecule has 3 heteroatoms. The molecule has 0 amide bonds. The number of esters is 1. The minimum atomic E-state index is -0.227. The Morgan fingerprint density at radius 3 is 3.06 bits per heavy atom. The second-order valence-corrected chi connectivity index (χ2v) is 4.34. The Labute approximate surface area is 101 Å². The molecule has 2 rings (SSSR count). The summed E-state index contributed by atoms with van der Waals surface area (Å²) in [5.74, 6) is 0.540. The maximum atomic E-state index is 11.6. The summed E-state index contributed by atoms with van der Waals surface area (Å²) < 4.78 is 10.5. The molecule has 0 bridgehead atoms. The van der Waals surface area contributed by atoms with Gasteiger partial charge in [-0.25, -0.2) is 4.79 Å². The number of hydrogen-bond donors (Lipinski definition) is 0. The molecule has 1 aliphatic rings. The highest BCUT2D eigenvalue weighted by Gasteiger charge is 2.31. The van der Waals surface area contributed by atoms with Gasteiger partial charge in [0.05, 0.1) is 6.26 Å². The van der Waals surface area contributed by atoms with E-state index in [0.29, 0.717) is 6.42 Å². The van der Waals surface area contributed by atoms with Crippen molar-refractivity contribution < 1.29 is 13.9 Å². The van der Waals surface area contributed by atoms with E-state index in [-0.39, 0.29) is 12.1 Å². The van der Waals surface area contributed by atoms with Gasteiger partial charge in [-0.15, -0.1) is 0 Å². The number of rotatable bonds is 5. The van der Waals surface area contributed by atoms with Gasteiger partial charge in [0.25, 0.3) is 0 Å². The molecule has 1 aromatic heterocycles. The van der Waals surface area contributed by atoms with Crippen LogP contribution in [0.5, 0.6) is 0 Å². The fourth-order valence-electron chi connectivity index (χ4n) is 2.00. The molecule has 2 heterocycles. The Morgan fingerprint density at radius 1 is 1.47 bits per heavy atom. The molecule has 1 aromatic rings. The van der Waals surface area contributed by atoms with Crippen LogP contribution in [0, 0.1) is 0 Å². The summed E-state index contributed by atoms with van der Waals surface area (Å²) in [6.45, 7) is 2.17. The molecular formula is C14H18O3. The number of hydrogen-bond acceptors (Lipinski definition) is 3. The summed E-state index contributed by atoms with van der Waals surface area (Å²) in [4.78, 5) is 11.6. The summed E-state index contributed by atoms with van der Waals surface area (Å²) >= 11 is 0. The third-order valence-electron chi connectivity index (χ3n) is 2.98. The van der Waals surface area contributed by atoms with E-state index in [9.17, 15) is 4.79 Å². The second-order valence-electron chi connectivity index (χ2n) is 4.34. The zero-order chi connectivity index (χ0) is 12.1. The van der Waals surface area contributed by atoms with Crippen molar-refractivity contribution in [2.24, 2.45) is 0 Å². The number of allylic oxidation sites excluding steroid dienone is 1. The minimum absolute atomic E-state index is 0.192. The van der Waals surface area contributed by atoms with Gasteiger partial charge >= 0.3 is 5.97 Å². The van der Waals surface area contributed by atoms with Crippen molar-refractivity contribution in [2.45, 2.75) is 45.1 Å². The quantitative estimate of drug-likeness (QED) is 0.442. The first kappa shape index (κ1) is 12.0. The normalized spacial score (nSPS) is 22.1.